The first-order valence-corrected chi connectivity index (χ1v) is 10.2. The van der Waals surface area contributed by atoms with Crippen LogP contribution in [0.4, 0.5) is 11.4 Å². The van der Waals surface area contributed by atoms with E-state index < -0.39 is 18.5 Å². The van der Waals surface area contributed by atoms with E-state index in [-0.39, 0.29) is 17.9 Å². The lowest BCUT2D eigenvalue weighted by molar-refractivity contribution is -0.146. The summed E-state index contributed by atoms with van der Waals surface area (Å²) < 4.78 is 6.28. The molecule has 1 fully saturated rings. The van der Waals surface area contributed by atoms with Gasteiger partial charge in [0.05, 0.1) is 17.5 Å². The molecule has 0 radical (unpaired) electrons. The van der Waals surface area contributed by atoms with Crippen molar-refractivity contribution in [2.24, 2.45) is 7.05 Å². The van der Waals surface area contributed by atoms with Gasteiger partial charge in [-0.1, -0.05) is 24.3 Å². The van der Waals surface area contributed by atoms with Gasteiger partial charge < -0.3 is 15.0 Å². The van der Waals surface area contributed by atoms with Crippen molar-refractivity contribution in [1.29, 1.82) is 0 Å². The number of fused-ring (bicyclic) bond motifs is 1. The first-order valence-electron chi connectivity index (χ1n) is 10.2. The quantitative estimate of drug-likeness (QED) is 0.592. The molecule has 4 rings (SSSR count). The predicted molar refractivity (Wildman–Crippen MR) is 118 cm³/mol. The zero-order valence-corrected chi connectivity index (χ0v) is 17.5. The lowest BCUT2D eigenvalue weighted by atomic mass is 10.1. The maximum Gasteiger partial charge on any atom is 0.312 e. The number of hydrogen-bond donors (Lipinski definition) is 1. The van der Waals surface area contributed by atoms with Crippen LogP contribution in [0.3, 0.4) is 0 Å². The molecule has 0 atom stereocenters. The molecule has 9 heteroatoms. The lowest BCUT2D eigenvalue weighted by Gasteiger charge is -2.16. The number of amides is 2. The highest BCUT2D eigenvalue weighted by atomic mass is 16.5. The number of esters is 1. The Kier molecular flexibility index (Phi) is 5.98. The topological polar surface area (TPSA) is 111 Å². The van der Waals surface area contributed by atoms with E-state index in [4.69, 9.17) is 4.74 Å². The molecule has 3 aromatic rings. The Morgan fingerprint density at radius 3 is 2.62 bits per heavy atom. The summed E-state index contributed by atoms with van der Waals surface area (Å²) in [7, 11) is 1.51. The number of aryl methyl sites for hydroxylation is 1. The zero-order chi connectivity index (χ0) is 22.7. The molecule has 164 valence electrons. The van der Waals surface area contributed by atoms with Crippen molar-refractivity contribution in [2.45, 2.75) is 19.3 Å². The molecule has 2 amide bonds. The van der Waals surface area contributed by atoms with E-state index in [1.807, 2.05) is 6.07 Å². The first-order chi connectivity index (χ1) is 15.4. The largest absolute Gasteiger partial charge is 0.455 e. The van der Waals surface area contributed by atoms with Gasteiger partial charge in [-0.2, -0.15) is 5.10 Å². The van der Waals surface area contributed by atoms with Crippen LogP contribution in [0.15, 0.2) is 53.3 Å². The Bertz CT molecular complexity index is 1270. The van der Waals surface area contributed by atoms with Crippen molar-refractivity contribution >= 4 is 39.9 Å². The van der Waals surface area contributed by atoms with E-state index >= 15 is 0 Å². The van der Waals surface area contributed by atoms with Gasteiger partial charge in [-0.3, -0.25) is 19.2 Å². The summed E-state index contributed by atoms with van der Waals surface area (Å²) in [5.41, 5.74) is 1.37. The molecule has 2 heterocycles. The standard InChI is InChI=1S/C23H22N4O5/c1-26-23(31)18-9-3-2-8-17(18)19(25-26)13-22(30)32-14-20(28)24-15-6-4-7-16(12-15)27-11-5-10-21(27)29/h2-4,6-9,12H,5,10-11,13-14H2,1H3,(H,24,28). The summed E-state index contributed by atoms with van der Waals surface area (Å²) in [5.74, 6) is -1.07. The second-order valence-corrected chi connectivity index (χ2v) is 7.51. The average Bonchev–Trinajstić information content (AvgIpc) is 3.22. The minimum Gasteiger partial charge on any atom is -0.455 e. The molecular weight excluding hydrogens is 412 g/mol. The van der Waals surface area contributed by atoms with E-state index in [1.54, 1.807) is 47.4 Å². The van der Waals surface area contributed by atoms with Crippen LogP contribution in [0.1, 0.15) is 18.5 Å². The molecule has 0 unspecified atom stereocenters. The molecule has 1 N–H and O–H groups in total. The summed E-state index contributed by atoms with van der Waals surface area (Å²) in [6.45, 7) is 0.192. The number of rotatable bonds is 6. The minimum atomic E-state index is -0.632. The number of benzene rings is 2. The third kappa shape index (κ3) is 4.51. The van der Waals surface area contributed by atoms with Crippen LogP contribution in [0, 0.1) is 0 Å². The van der Waals surface area contributed by atoms with Crippen LogP contribution in [0.2, 0.25) is 0 Å². The van der Waals surface area contributed by atoms with E-state index in [9.17, 15) is 19.2 Å². The molecule has 1 aliphatic heterocycles. The van der Waals surface area contributed by atoms with E-state index in [0.29, 0.717) is 35.1 Å². The zero-order valence-electron chi connectivity index (χ0n) is 17.5. The van der Waals surface area contributed by atoms with Gasteiger partial charge in [0.2, 0.25) is 5.91 Å². The molecule has 0 saturated carbocycles. The van der Waals surface area contributed by atoms with Gasteiger partial charge in [0, 0.05) is 36.8 Å². The first kappa shape index (κ1) is 21.2. The Morgan fingerprint density at radius 1 is 1.09 bits per heavy atom. The highest BCUT2D eigenvalue weighted by molar-refractivity contribution is 5.97. The average molecular weight is 434 g/mol. The summed E-state index contributed by atoms with van der Waals surface area (Å²) >= 11 is 0. The van der Waals surface area contributed by atoms with Crippen LogP contribution in [0.25, 0.3) is 10.8 Å². The van der Waals surface area contributed by atoms with Gasteiger partial charge in [0.25, 0.3) is 11.5 Å². The Morgan fingerprint density at radius 2 is 1.88 bits per heavy atom. The highest BCUT2D eigenvalue weighted by Gasteiger charge is 2.22. The molecule has 9 nitrogen and oxygen atoms in total. The van der Waals surface area contributed by atoms with Gasteiger partial charge in [-0.15, -0.1) is 0 Å². The SMILES string of the molecule is Cn1nc(CC(=O)OCC(=O)Nc2cccc(N3CCCC3=O)c2)c2ccccc2c1=O. The van der Waals surface area contributed by atoms with Crippen LogP contribution in [-0.2, 0) is 32.6 Å². The molecule has 0 bridgehead atoms. The van der Waals surface area contributed by atoms with Gasteiger partial charge in [0.1, 0.15) is 0 Å². The highest BCUT2D eigenvalue weighted by Crippen LogP contribution is 2.24. The van der Waals surface area contributed by atoms with Crippen LogP contribution < -0.4 is 15.8 Å². The molecule has 1 saturated heterocycles. The maximum absolute atomic E-state index is 12.3. The number of nitrogens with zero attached hydrogens (tertiary/aromatic N) is 3. The maximum atomic E-state index is 12.3. The fraction of sp³-hybridized carbons (Fsp3) is 0.261. The van der Waals surface area contributed by atoms with Crippen LogP contribution in [0.5, 0.6) is 0 Å². The summed E-state index contributed by atoms with van der Waals surface area (Å²) in [5, 5.41) is 7.87. The van der Waals surface area contributed by atoms with Crippen molar-refractivity contribution < 1.29 is 19.1 Å². The van der Waals surface area contributed by atoms with Gasteiger partial charge >= 0.3 is 5.97 Å². The third-order valence-corrected chi connectivity index (χ3v) is 5.22. The monoisotopic (exact) mass is 434 g/mol. The number of hydrogen-bond acceptors (Lipinski definition) is 6. The minimum absolute atomic E-state index is 0.0574. The van der Waals surface area contributed by atoms with E-state index in [1.165, 1.54) is 11.7 Å². The lowest BCUT2D eigenvalue weighted by Crippen LogP contribution is -2.25. The van der Waals surface area contributed by atoms with Crippen LogP contribution in [-0.4, -0.2) is 40.7 Å². The number of carbonyl (C=O) groups is 3. The molecule has 1 aliphatic rings. The van der Waals surface area contributed by atoms with Crippen molar-refractivity contribution in [3.05, 3.63) is 64.6 Å². The second kappa shape index (κ2) is 9.01. The fourth-order valence-electron chi connectivity index (χ4n) is 3.71. The van der Waals surface area contributed by atoms with E-state index in [0.717, 1.165) is 12.1 Å². The van der Waals surface area contributed by atoms with Gasteiger partial charge in [-0.05, 0) is 30.7 Å². The number of anilines is 2. The molecule has 32 heavy (non-hydrogen) atoms. The number of nitrogens with one attached hydrogen (secondary N) is 1. The second-order valence-electron chi connectivity index (χ2n) is 7.51. The number of aromatic nitrogens is 2. The normalized spacial score (nSPS) is 13.4. The van der Waals surface area contributed by atoms with Crippen molar-refractivity contribution in [1.82, 2.24) is 9.78 Å². The van der Waals surface area contributed by atoms with Gasteiger partial charge in [-0.25, -0.2) is 4.68 Å². The molecular formula is C23H22N4O5. The fourth-order valence-corrected chi connectivity index (χ4v) is 3.71. The Labute approximate surface area is 183 Å². The number of ether oxygens (including phenoxy) is 1. The molecule has 1 aromatic heterocycles. The smallest absolute Gasteiger partial charge is 0.312 e. The summed E-state index contributed by atoms with van der Waals surface area (Å²) in [6, 6.07) is 13.9. The van der Waals surface area contributed by atoms with Crippen molar-refractivity contribution in [3.8, 4) is 0 Å². The van der Waals surface area contributed by atoms with E-state index in [2.05, 4.69) is 10.4 Å². The molecule has 0 spiro atoms. The van der Waals surface area contributed by atoms with Crippen LogP contribution >= 0.6 is 0 Å². The predicted octanol–water partition coefficient (Wildman–Crippen LogP) is 1.78. The van der Waals surface area contributed by atoms with Gasteiger partial charge in [0.15, 0.2) is 6.61 Å². The number of carbonyl (C=O) groups excluding carboxylic acids is 3. The molecule has 0 aliphatic carbocycles. The summed E-state index contributed by atoms with van der Waals surface area (Å²) in [6.07, 6.45) is 1.16. The third-order valence-electron chi connectivity index (χ3n) is 5.22. The Balaban J connectivity index is 1.37. The molecule has 2 aromatic carbocycles. The summed E-state index contributed by atoms with van der Waals surface area (Å²) in [4.78, 5) is 50.3. The Hall–Kier alpha value is -4.01. The van der Waals surface area contributed by atoms with Crippen molar-refractivity contribution in [3.63, 3.8) is 0 Å². The van der Waals surface area contributed by atoms with Crippen molar-refractivity contribution in [2.75, 3.05) is 23.4 Å².